The summed E-state index contributed by atoms with van der Waals surface area (Å²) in [6, 6.07) is 17.6. The van der Waals surface area contributed by atoms with Crippen LogP contribution in [-0.4, -0.2) is 57.4 Å². The molecule has 1 fully saturated rings. The highest BCUT2D eigenvalue weighted by molar-refractivity contribution is 5.79. The zero-order chi connectivity index (χ0) is 19.6. The van der Waals surface area contributed by atoms with Crippen LogP contribution in [0.4, 0.5) is 0 Å². The molecule has 28 heavy (non-hydrogen) atoms. The minimum absolute atomic E-state index is 0.259. The second kappa shape index (κ2) is 10.4. The molecule has 150 valence electrons. The highest BCUT2D eigenvalue weighted by Gasteiger charge is 2.22. The Morgan fingerprint density at radius 2 is 1.68 bits per heavy atom. The van der Waals surface area contributed by atoms with Gasteiger partial charge in [-0.3, -0.25) is 4.99 Å². The Kier molecular flexibility index (Phi) is 7.41. The minimum Gasteiger partial charge on any atom is -0.497 e. The van der Waals surface area contributed by atoms with Crippen molar-refractivity contribution in [3.8, 4) is 17.2 Å². The number of nitrogens with one attached hydrogen (secondary N) is 1. The third kappa shape index (κ3) is 5.81. The summed E-state index contributed by atoms with van der Waals surface area (Å²) in [6.07, 6.45) is 2.23. The molecule has 1 aliphatic heterocycles. The monoisotopic (exact) mass is 383 g/mol. The number of para-hydroxylation sites is 1. The number of aliphatic imine (C=N–C) groups is 1. The molecule has 1 saturated heterocycles. The third-order valence-electron chi connectivity index (χ3n) is 4.71. The van der Waals surface area contributed by atoms with Gasteiger partial charge in [0.25, 0.3) is 0 Å². The highest BCUT2D eigenvalue weighted by Crippen LogP contribution is 2.19. The topological polar surface area (TPSA) is 55.3 Å². The van der Waals surface area contributed by atoms with Crippen LogP contribution in [0.5, 0.6) is 17.2 Å². The van der Waals surface area contributed by atoms with E-state index in [9.17, 15) is 0 Å². The average Bonchev–Trinajstić information content (AvgIpc) is 2.76. The first-order valence-corrected chi connectivity index (χ1v) is 9.72. The molecule has 0 spiro atoms. The molecule has 1 aliphatic rings. The fraction of sp³-hybridized carbons (Fsp3) is 0.409. The second-order valence-corrected chi connectivity index (χ2v) is 6.62. The summed E-state index contributed by atoms with van der Waals surface area (Å²) in [4.78, 5) is 6.68. The number of ether oxygens (including phenoxy) is 3. The lowest BCUT2D eigenvalue weighted by molar-refractivity contribution is 0.129. The Hall–Kier alpha value is -2.89. The maximum absolute atomic E-state index is 6.07. The number of hydrogen-bond donors (Lipinski definition) is 1. The molecule has 0 bridgehead atoms. The quantitative estimate of drug-likeness (QED) is 0.452. The van der Waals surface area contributed by atoms with Gasteiger partial charge in [0.05, 0.1) is 13.7 Å². The van der Waals surface area contributed by atoms with Crippen LogP contribution in [0, 0.1) is 0 Å². The molecule has 0 radical (unpaired) electrons. The summed E-state index contributed by atoms with van der Waals surface area (Å²) in [6.45, 7) is 3.12. The molecule has 0 atom stereocenters. The molecule has 3 rings (SSSR count). The Morgan fingerprint density at radius 1 is 1.00 bits per heavy atom. The van der Waals surface area contributed by atoms with Crippen LogP contribution in [0.3, 0.4) is 0 Å². The number of rotatable bonds is 7. The van der Waals surface area contributed by atoms with Crippen molar-refractivity contribution in [3.05, 3.63) is 54.6 Å². The van der Waals surface area contributed by atoms with Crippen molar-refractivity contribution in [2.24, 2.45) is 4.99 Å². The zero-order valence-electron chi connectivity index (χ0n) is 16.6. The largest absolute Gasteiger partial charge is 0.497 e. The maximum Gasteiger partial charge on any atom is 0.193 e. The molecule has 2 aromatic carbocycles. The van der Waals surface area contributed by atoms with E-state index < -0.39 is 0 Å². The minimum atomic E-state index is 0.259. The van der Waals surface area contributed by atoms with Crippen molar-refractivity contribution in [1.82, 2.24) is 10.2 Å². The molecule has 6 heteroatoms. The summed E-state index contributed by atoms with van der Waals surface area (Å²) in [5.41, 5.74) is 0. The first-order chi connectivity index (χ1) is 13.8. The van der Waals surface area contributed by atoms with E-state index in [-0.39, 0.29) is 6.10 Å². The predicted octanol–water partition coefficient (Wildman–Crippen LogP) is 3.19. The van der Waals surface area contributed by atoms with E-state index in [4.69, 9.17) is 14.2 Å². The molecule has 0 amide bonds. The normalized spacial score (nSPS) is 15.2. The van der Waals surface area contributed by atoms with Gasteiger partial charge in [-0.25, -0.2) is 0 Å². The van der Waals surface area contributed by atoms with Gasteiger partial charge in [-0.05, 0) is 36.4 Å². The van der Waals surface area contributed by atoms with Gasteiger partial charge in [-0.2, -0.15) is 0 Å². The van der Waals surface area contributed by atoms with E-state index in [0.717, 1.165) is 49.1 Å². The van der Waals surface area contributed by atoms with Gasteiger partial charge in [0.1, 0.15) is 30.0 Å². The lowest BCUT2D eigenvalue weighted by atomic mass is 10.1. The molecule has 0 unspecified atom stereocenters. The lowest BCUT2D eigenvalue weighted by Crippen LogP contribution is -2.48. The van der Waals surface area contributed by atoms with Crippen molar-refractivity contribution in [2.45, 2.75) is 18.9 Å². The Balaban J connectivity index is 1.37. The lowest BCUT2D eigenvalue weighted by Gasteiger charge is -2.34. The third-order valence-corrected chi connectivity index (χ3v) is 4.71. The van der Waals surface area contributed by atoms with Gasteiger partial charge < -0.3 is 24.4 Å². The van der Waals surface area contributed by atoms with Crippen molar-refractivity contribution >= 4 is 5.96 Å². The Bertz CT molecular complexity index is 726. The van der Waals surface area contributed by atoms with Gasteiger partial charge in [0.2, 0.25) is 0 Å². The van der Waals surface area contributed by atoms with Crippen molar-refractivity contribution in [3.63, 3.8) is 0 Å². The van der Waals surface area contributed by atoms with Crippen molar-refractivity contribution < 1.29 is 14.2 Å². The van der Waals surface area contributed by atoms with Crippen LogP contribution in [0.2, 0.25) is 0 Å². The molecule has 2 aromatic rings. The van der Waals surface area contributed by atoms with Crippen LogP contribution >= 0.6 is 0 Å². The van der Waals surface area contributed by atoms with E-state index in [1.165, 1.54) is 0 Å². The standard InChI is InChI=1S/C22H29N3O3/c1-23-22(24-14-17-27-19-10-8-18(26-2)9-11-19)25-15-12-21(13-16-25)28-20-6-4-3-5-7-20/h3-11,21H,12-17H2,1-2H3,(H,23,24). The first-order valence-electron chi connectivity index (χ1n) is 9.72. The van der Waals surface area contributed by atoms with Crippen LogP contribution in [0.25, 0.3) is 0 Å². The summed E-state index contributed by atoms with van der Waals surface area (Å²) >= 11 is 0. The number of guanidine groups is 1. The SMILES string of the molecule is CN=C(NCCOc1ccc(OC)cc1)N1CCC(Oc2ccccc2)CC1. The number of benzene rings is 2. The number of piperidine rings is 1. The molecule has 6 nitrogen and oxygen atoms in total. The van der Waals surface area contributed by atoms with Gasteiger partial charge in [0, 0.05) is 33.0 Å². The van der Waals surface area contributed by atoms with E-state index >= 15 is 0 Å². The van der Waals surface area contributed by atoms with E-state index in [1.807, 2.05) is 61.6 Å². The van der Waals surface area contributed by atoms with Crippen LogP contribution in [0.15, 0.2) is 59.6 Å². The maximum atomic E-state index is 6.07. The summed E-state index contributed by atoms with van der Waals surface area (Å²) < 4.78 is 17.0. The fourth-order valence-corrected chi connectivity index (χ4v) is 3.21. The zero-order valence-corrected chi connectivity index (χ0v) is 16.6. The van der Waals surface area contributed by atoms with E-state index in [1.54, 1.807) is 7.11 Å². The first kappa shape index (κ1) is 19.9. The molecule has 1 N–H and O–H groups in total. The van der Waals surface area contributed by atoms with Crippen LogP contribution in [-0.2, 0) is 0 Å². The average molecular weight is 383 g/mol. The van der Waals surface area contributed by atoms with E-state index in [0.29, 0.717) is 13.2 Å². The van der Waals surface area contributed by atoms with Gasteiger partial charge in [0.15, 0.2) is 5.96 Å². The Morgan fingerprint density at radius 3 is 2.32 bits per heavy atom. The van der Waals surface area contributed by atoms with Gasteiger partial charge >= 0.3 is 0 Å². The molecule has 0 saturated carbocycles. The highest BCUT2D eigenvalue weighted by atomic mass is 16.5. The molecule has 0 aliphatic carbocycles. The molecular formula is C22H29N3O3. The molecule has 0 aromatic heterocycles. The van der Waals surface area contributed by atoms with Crippen LogP contribution in [0.1, 0.15) is 12.8 Å². The number of likely N-dealkylation sites (tertiary alicyclic amines) is 1. The van der Waals surface area contributed by atoms with Crippen molar-refractivity contribution in [2.75, 3.05) is 40.4 Å². The van der Waals surface area contributed by atoms with Gasteiger partial charge in [-0.15, -0.1) is 0 Å². The van der Waals surface area contributed by atoms with E-state index in [2.05, 4.69) is 15.2 Å². The molecular weight excluding hydrogens is 354 g/mol. The molecule has 1 heterocycles. The fourth-order valence-electron chi connectivity index (χ4n) is 3.21. The summed E-state index contributed by atoms with van der Waals surface area (Å²) in [5, 5.41) is 3.38. The van der Waals surface area contributed by atoms with Crippen molar-refractivity contribution in [1.29, 1.82) is 0 Å². The Labute approximate surface area is 167 Å². The number of hydrogen-bond acceptors (Lipinski definition) is 4. The number of methoxy groups -OCH3 is 1. The van der Waals surface area contributed by atoms with Gasteiger partial charge in [-0.1, -0.05) is 18.2 Å². The second-order valence-electron chi connectivity index (χ2n) is 6.62. The number of nitrogens with zero attached hydrogens (tertiary/aromatic N) is 2. The summed E-state index contributed by atoms with van der Waals surface area (Å²) in [5.74, 6) is 3.51. The van der Waals surface area contributed by atoms with Crippen LogP contribution < -0.4 is 19.5 Å². The predicted molar refractivity (Wildman–Crippen MR) is 112 cm³/mol. The smallest absolute Gasteiger partial charge is 0.193 e. The summed E-state index contributed by atoms with van der Waals surface area (Å²) in [7, 11) is 3.47.